The maximum Gasteiger partial charge on any atom is 0.314 e. The van der Waals surface area contributed by atoms with Gasteiger partial charge in [0.1, 0.15) is 12.5 Å². The minimum Gasteiger partial charge on any atom is -0.481 e. The van der Waals surface area contributed by atoms with E-state index in [1.807, 2.05) is 6.07 Å². The van der Waals surface area contributed by atoms with Gasteiger partial charge in [0.15, 0.2) is 0 Å². The molecule has 0 saturated heterocycles. The number of carbonyl (C=O) groups excluding carboxylic acids is 1. The van der Waals surface area contributed by atoms with Crippen molar-refractivity contribution in [1.82, 2.24) is 0 Å². The van der Waals surface area contributed by atoms with Crippen molar-refractivity contribution in [2.45, 2.75) is 77.0 Å². The summed E-state index contributed by atoms with van der Waals surface area (Å²) in [7, 11) is 0. The molecular weight excluding hydrogens is 316 g/mol. The molecular formula is C21H32O4. The highest BCUT2D eigenvalue weighted by atomic mass is 16.5. The average molecular weight is 348 g/mol. The lowest BCUT2D eigenvalue weighted by atomic mass is 10.0. The van der Waals surface area contributed by atoms with Gasteiger partial charge in [0.05, 0.1) is 0 Å². The first-order valence-electron chi connectivity index (χ1n) is 9.58. The van der Waals surface area contributed by atoms with Crippen molar-refractivity contribution in [3.8, 4) is 0 Å². The predicted molar refractivity (Wildman–Crippen MR) is 99.6 cm³/mol. The molecule has 1 atom stereocenters. The molecule has 0 radical (unpaired) electrons. The van der Waals surface area contributed by atoms with Gasteiger partial charge in [-0.15, -0.1) is 0 Å². The lowest BCUT2D eigenvalue weighted by Gasteiger charge is -2.13. The van der Waals surface area contributed by atoms with Gasteiger partial charge in [-0.3, -0.25) is 9.59 Å². The van der Waals surface area contributed by atoms with Gasteiger partial charge < -0.3 is 9.84 Å². The van der Waals surface area contributed by atoms with Crippen LogP contribution >= 0.6 is 0 Å². The summed E-state index contributed by atoms with van der Waals surface area (Å²) >= 11 is 0. The molecule has 1 rings (SSSR count). The van der Waals surface area contributed by atoms with Gasteiger partial charge in [0, 0.05) is 6.42 Å². The zero-order valence-electron chi connectivity index (χ0n) is 15.4. The number of benzene rings is 1. The Morgan fingerprint density at radius 2 is 1.48 bits per heavy atom. The van der Waals surface area contributed by atoms with E-state index in [9.17, 15) is 14.7 Å². The van der Waals surface area contributed by atoms with E-state index >= 15 is 0 Å². The highest BCUT2D eigenvalue weighted by molar-refractivity contribution is 5.77. The summed E-state index contributed by atoms with van der Waals surface area (Å²) in [6, 6.07) is 8.89. The van der Waals surface area contributed by atoms with E-state index in [2.05, 4.69) is 6.92 Å². The third-order valence-corrected chi connectivity index (χ3v) is 4.40. The summed E-state index contributed by atoms with van der Waals surface area (Å²) in [4.78, 5) is 23.1. The Kier molecular flexibility index (Phi) is 11.4. The van der Waals surface area contributed by atoms with Gasteiger partial charge in [0.25, 0.3) is 0 Å². The van der Waals surface area contributed by atoms with Crippen LogP contribution in [0.25, 0.3) is 0 Å². The standard InChI is InChI=1S/C21H32O4/c1-2-3-4-5-6-7-8-9-13-16-20(22)25-17-19(21(23)24)18-14-11-10-12-15-18/h10-12,14-15,19H,2-9,13,16-17H2,1H3,(H,23,24). The normalized spacial score (nSPS) is 11.9. The summed E-state index contributed by atoms with van der Waals surface area (Å²) in [6.07, 6.45) is 11.1. The fourth-order valence-corrected chi connectivity index (χ4v) is 2.82. The van der Waals surface area contributed by atoms with E-state index in [1.165, 1.54) is 38.5 Å². The van der Waals surface area contributed by atoms with Crippen molar-refractivity contribution in [3.05, 3.63) is 35.9 Å². The molecule has 25 heavy (non-hydrogen) atoms. The second-order valence-electron chi connectivity index (χ2n) is 6.56. The van der Waals surface area contributed by atoms with Gasteiger partial charge in [-0.05, 0) is 12.0 Å². The van der Waals surface area contributed by atoms with Crippen LogP contribution in [-0.4, -0.2) is 23.7 Å². The monoisotopic (exact) mass is 348 g/mol. The molecule has 0 amide bonds. The maximum atomic E-state index is 11.8. The van der Waals surface area contributed by atoms with E-state index in [-0.39, 0.29) is 12.6 Å². The van der Waals surface area contributed by atoms with Crippen LogP contribution in [0.3, 0.4) is 0 Å². The highest BCUT2D eigenvalue weighted by Gasteiger charge is 2.21. The first-order chi connectivity index (χ1) is 12.1. The number of hydrogen-bond acceptors (Lipinski definition) is 3. The van der Waals surface area contributed by atoms with Crippen molar-refractivity contribution < 1.29 is 19.4 Å². The molecule has 1 aromatic carbocycles. The Hall–Kier alpha value is -1.84. The van der Waals surface area contributed by atoms with Gasteiger partial charge >= 0.3 is 11.9 Å². The number of rotatable bonds is 14. The van der Waals surface area contributed by atoms with Crippen LogP contribution in [0.4, 0.5) is 0 Å². The molecule has 1 N–H and O–H groups in total. The third-order valence-electron chi connectivity index (χ3n) is 4.40. The first-order valence-corrected chi connectivity index (χ1v) is 9.58. The summed E-state index contributed by atoms with van der Waals surface area (Å²) in [5.74, 6) is -2.07. The number of hydrogen-bond donors (Lipinski definition) is 1. The van der Waals surface area contributed by atoms with Crippen LogP contribution in [0.2, 0.25) is 0 Å². The second kappa shape index (κ2) is 13.5. The number of esters is 1. The van der Waals surface area contributed by atoms with Crippen molar-refractivity contribution in [2.24, 2.45) is 0 Å². The Balaban J connectivity index is 2.12. The van der Waals surface area contributed by atoms with Crippen LogP contribution in [0, 0.1) is 0 Å². The molecule has 4 nitrogen and oxygen atoms in total. The Labute approximate surface area is 151 Å². The first kappa shape index (κ1) is 21.2. The Bertz CT molecular complexity index is 484. The zero-order chi connectivity index (χ0) is 18.3. The summed E-state index contributed by atoms with van der Waals surface area (Å²) < 4.78 is 5.17. The maximum absolute atomic E-state index is 11.8. The zero-order valence-corrected chi connectivity index (χ0v) is 15.4. The lowest BCUT2D eigenvalue weighted by Crippen LogP contribution is -2.20. The number of aliphatic carboxylic acids is 1. The van der Waals surface area contributed by atoms with Gasteiger partial charge in [0.2, 0.25) is 0 Å². The molecule has 4 heteroatoms. The molecule has 0 aromatic heterocycles. The fraction of sp³-hybridized carbons (Fsp3) is 0.619. The molecule has 0 spiro atoms. The number of carboxylic acids is 1. The molecule has 0 fully saturated rings. The van der Waals surface area contributed by atoms with E-state index in [0.29, 0.717) is 12.0 Å². The van der Waals surface area contributed by atoms with Crippen LogP contribution in [-0.2, 0) is 14.3 Å². The fourth-order valence-electron chi connectivity index (χ4n) is 2.82. The van der Waals surface area contributed by atoms with Gasteiger partial charge in [-0.2, -0.15) is 0 Å². The molecule has 140 valence electrons. The molecule has 0 saturated carbocycles. The van der Waals surface area contributed by atoms with Crippen LogP contribution < -0.4 is 0 Å². The smallest absolute Gasteiger partial charge is 0.314 e. The molecule has 0 aliphatic rings. The van der Waals surface area contributed by atoms with E-state index < -0.39 is 11.9 Å². The second-order valence-corrected chi connectivity index (χ2v) is 6.56. The molecule has 0 heterocycles. The Morgan fingerprint density at radius 1 is 0.920 bits per heavy atom. The highest BCUT2D eigenvalue weighted by Crippen LogP contribution is 2.17. The van der Waals surface area contributed by atoms with Crippen LogP contribution in [0.15, 0.2) is 30.3 Å². The third kappa shape index (κ3) is 9.90. The summed E-state index contributed by atoms with van der Waals surface area (Å²) in [5, 5.41) is 9.30. The minimum atomic E-state index is -0.970. The predicted octanol–water partition coefficient (Wildman–Crippen LogP) is 5.32. The van der Waals surface area contributed by atoms with E-state index in [1.54, 1.807) is 24.3 Å². The van der Waals surface area contributed by atoms with Crippen LogP contribution in [0.1, 0.15) is 82.6 Å². The summed E-state index contributed by atoms with van der Waals surface area (Å²) in [6.45, 7) is 2.12. The molecule has 0 aliphatic carbocycles. The van der Waals surface area contributed by atoms with Gasteiger partial charge in [-0.25, -0.2) is 0 Å². The number of ether oxygens (including phenoxy) is 1. The van der Waals surface area contributed by atoms with Crippen LogP contribution in [0.5, 0.6) is 0 Å². The van der Waals surface area contributed by atoms with Gasteiger partial charge in [-0.1, -0.05) is 88.6 Å². The van der Waals surface area contributed by atoms with E-state index in [0.717, 1.165) is 19.3 Å². The number of unbranched alkanes of at least 4 members (excludes halogenated alkanes) is 8. The van der Waals surface area contributed by atoms with E-state index in [4.69, 9.17) is 4.74 Å². The SMILES string of the molecule is CCCCCCCCCCCC(=O)OCC(C(=O)O)c1ccccc1. The molecule has 1 aromatic rings. The summed E-state index contributed by atoms with van der Waals surface area (Å²) in [5.41, 5.74) is 0.658. The van der Waals surface area contributed by atoms with Crippen molar-refractivity contribution in [3.63, 3.8) is 0 Å². The largest absolute Gasteiger partial charge is 0.481 e. The lowest BCUT2D eigenvalue weighted by molar-refractivity contribution is -0.148. The van der Waals surface area contributed by atoms with Crippen molar-refractivity contribution in [1.29, 1.82) is 0 Å². The molecule has 1 unspecified atom stereocenters. The van der Waals surface area contributed by atoms with Crippen molar-refractivity contribution in [2.75, 3.05) is 6.61 Å². The quantitative estimate of drug-likeness (QED) is 0.365. The number of carboxylic acid groups (broad SMARTS) is 1. The average Bonchev–Trinajstić information content (AvgIpc) is 2.61. The minimum absolute atomic E-state index is 0.102. The topological polar surface area (TPSA) is 63.6 Å². The molecule has 0 aliphatic heterocycles. The van der Waals surface area contributed by atoms with Crippen molar-refractivity contribution >= 4 is 11.9 Å². The Morgan fingerprint density at radius 3 is 2.04 bits per heavy atom. The molecule has 0 bridgehead atoms. The number of carbonyl (C=O) groups is 2.